The molecule has 2 aromatic rings. The molecule has 9 heteroatoms. The number of ether oxygens (including phenoxy) is 1. The molecule has 3 aliphatic rings. The lowest BCUT2D eigenvalue weighted by atomic mass is 9.78. The first kappa shape index (κ1) is 22.7. The largest absolute Gasteiger partial charge is 0.469 e. The average Bonchev–Trinajstić information content (AvgIpc) is 3.33. The minimum atomic E-state index is -0.420. The number of ketones is 2. The van der Waals surface area contributed by atoms with Gasteiger partial charge in [0.15, 0.2) is 17.2 Å². The fourth-order valence-corrected chi connectivity index (χ4v) is 5.97. The fraction of sp³-hybridized carbons (Fsp3) is 0.600. The molecule has 0 radical (unpaired) electrons. The lowest BCUT2D eigenvalue weighted by Gasteiger charge is -2.30. The van der Waals surface area contributed by atoms with Crippen molar-refractivity contribution >= 4 is 34.5 Å². The molecular weight excluding hydrogens is 436 g/mol. The lowest BCUT2D eigenvalue weighted by molar-refractivity contribution is -0.147. The van der Waals surface area contributed by atoms with Crippen LogP contribution in [0.25, 0.3) is 11.0 Å². The maximum absolute atomic E-state index is 13.4. The molecule has 3 fully saturated rings. The summed E-state index contributed by atoms with van der Waals surface area (Å²) in [7, 11) is 1.41. The van der Waals surface area contributed by atoms with Gasteiger partial charge in [-0.25, -0.2) is 9.67 Å². The van der Waals surface area contributed by atoms with Crippen molar-refractivity contribution in [3.8, 4) is 0 Å². The van der Waals surface area contributed by atoms with Crippen LogP contribution in [-0.2, 0) is 25.7 Å². The summed E-state index contributed by atoms with van der Waals surface area (Å²) in [6, 6.07) is 3.20. The molecule has 3 heterocycles. The summed E-state index contributed by atoms with van der Waals surface area (Å²) in [5.41, 5.74) is 0.790. The van der Waals surface area contributed by atoms with Gasteiger partial charge in [-0.1, -0.05) is 6.42 Å². The number of fused-ring (bicyclic) bond motifs is 2. The molecule has 0 unspecified atom stereocenters. The van der Waals surface area contributed by atoms with Crippen molar-refractivity contribution in [3.63, 3.8) is 0 Å². The van der Waals surface area contributed by atoms with Crippen LogP contribution in [-0.4, -0.2) is 62.3 Å². The standard InChI is InChI=1S/C25H30N4O5/c1-14(30)23-18-7-4-8-26-24(18)28(27-23)13-22(32)29-19-11-17(19)12-20(29)21(31)10-15-5-3-6-16(9-15)25(33)34-2/h4,7-8,15-17,19-20H,3,5-6,9-13H2,1-2H3/t15-,16+,17+,19+,20-/m0/s1. The van der Waals surface area contributed by atoms with Crippen molar-refractivity contribution in [2.24, 2.45) is 17.8 Å². The minimum Gasteiger partial charge on any atom is -0.469 e. The summed E-state index contributed by atoms with van der Waals surface area (Å²) in [6.07, 6.45) is 6.95. The van der Waals surface area contributed by atoms with Gasteiger partial charge in [0, 0.05) is 25.6 Å². The van der Waals surface area contributed by atoms with Crippen molar-refractivity contribution in [3.05, 3.63) is 24.0 Å². The van der Waals surface area contributed by atoms with Crippen LogP contribution in [0, 0.1) is 17.8 Å². The average molecular weight is 467 g/mol. The quantitative estimate of drug-likeness (QED) is 0.455. The van der Waals surface area contributed by atoms with Gasteiger partial charge in [-0.15, -0.1) is 0 Å². The van der Waals surface area contributed by atoms with Gasteiger partial charge in [-0.3, -0.25) is 19.2 Å². The molecule has 5 atom stereocenters. The van der Waals surface area contributed by atoms with E-state index in [1.807, 2.05) is 0 Å². The Bertz CT molecular complexity index is 1160. The zero-order valence-electron chi connectivity index (χ0n) is 19.6. The van der Waals surface area contributed by atoms with Crippen molar-refractivity contribution < 1.29 is 23.9 Å². The van der Waals surface area contributed by atoms with Gasteiger partial charge in [0.1, 0.15) is 12.2 Å². The number of piperidine rings is 1. The number of hydrogen-bond donors (Lipinski definition) is 0. The van der Waals surface area contributed by atoms with E-state index in [-0.39, 0.29) is 47.9 Å². The number of Topliss-reactive ketones (excluding diaryl/α,β-unsaturated/α-hetero) is 2. The summed E-state index contributed by atoms with van der Waals surface area (Å²) in [6.45, 7) is 1.39. The van der Waals surface area contributed by atoms with Crippen LogP contribution in [0.1, 0.15) is 62.4 Å². The predicted molar refractivity (Wildman–Crippen MR) is 122 cm³/mol. The third-order valence-electron chi connectivity index (χ3n) is 7.70. The molecule has 180 valence electrons. The summed E-state index contributed by atoms with van der Waals surface area (Å²) >= 11 is 0. The number of carbonyl (C=O) groups excluding carboxylic acids is 4. The smallest absolute Gasteiger partial charge is 0.308 e. The van der Waals surface area contributed by atoms with E-state index in [2.05, 4.69) is 10.1 Å². The first-order chi connectivity index (χ1) is 16.4. The van der Waals surface area contributed by atoms with Gasteiger partial charge >= 0.3 is 5.97 Å². The van der Waals surface area contributed by atoms with Gasteiger partial charge in [-0.2, -0.15) is 5.10 Å². The Morgan fingerprint density at radius 1 is 1.15 bits per heavy atom. The second-order valence-corrected chi connectivity index (χ2v) is 9.98. The van der Waals surface area contributed by atoms with E-state index in [1.54, 1.807) is 23.2 Å². The van der Waals surface area contributed by atoms with E-state index in [0.717, 1.165) is 25.7 Å². The normalized spacial score (nSPS) is 27.9. The number of aromatic nitrogens is 3. The Kier molecular flexibility index (Phi) is 5.95. The van der Waals surface area contributed by atoms with Crippen molar-refractivity contribution in [1.82, 2.24) is 19.7 Å². The minimum absolute atomic E-state index is 0.0539. The molecule has 1 aliphatic heterocycles. The molecule has 9 nitrogen and oxygen atoms in total. The van der Waals surface area contributed by atoms with E-state index >= 15 is 0 Å². The van der Waals surface area contributed by atoms with E-state index in [4.69, 9.17) is 4.74 Å². The highest BCUT2D eigenvalue weighted by atomic mass is 16.5. The van der Waals surface area contributed by atoms with Crippen molar-refractivity contribution in [2.75, 3.05) is 7.11 Å². The van der Waals surface area contributed by atoms with E-state index in [0.29, 0.717) is 41.9 Å². The molecule has 2 aliphatic carbocycles. The van der Waals surface area contributed by atoms with E-state index < -0.39 is 6.04 Å². The van der Waals surface area contributed by atoms with Crippen LogP contribution in [0.3, 0.4) is 0 Å². The first-order valence-electron chi connectivity index (χ1n) is 12.1. The monoisotopic (exact) mass is 466 g/mol. The highest BCUT2D eigenvalue weighted by molar-refractivity contribution is 6.04. The van der Waals surface area contributed by atoms with Crippen LogP contribution in [0.2, 0.25) is 0 Å². The Morgan fingerprint density at radius 3 is 2.74 bits per heavy atom. The van der Waals surface area contributed by atoms with Gasteiger partial charge in [-0.05, 0) is 56.1 Å². The number of carbonyl (C=O) groups is 4. The summed E-state index contributed by atoms with van der Waals surface area (Å²) < 4.78 is 6.38. The molecule has 1 saturated heterocycles. The molecule has 34 heavy (non-hydrogen) atoms. The molecule has 0 aromatic carbocycles. The van der Waals surface area contributed by atoms with E-state index in [1.165, 1.54) is 18.7 Å². The number of methoxy groups -OCH3 is 1. The molecule has 0 spiro atoms. The molecule has 0 bridgehead atoms. The molecule has 5 rings (SSSR count). The lowest BCUT2D eigenvalue weighted by Crippen LogP contribution is -2.45. The predicted octanol–water partition coefficient (Wildman–Crippen LogP) is 2.56. The van der Waals surface area contributed by atoms with Crippen molar-refractivity contribution in [1.29, 1.82) is 0 Å². The van der Waals surface area contributed by atoms with Crippen LogP contribution >= 0.6 is 0 Å². The van der Waals surface area contributed by atoms with Crippen LogP contribution in [0.15, 0.2) is 18.3 Å². The number of esters is 1. The SMILES string of the molecule is COC(=O)[C@@H]1CCC[C@H](CC(=O)[C@@H]2C[C@H]3C[C@H]3N2C(=O)Cn2nc(C(C)=O)c3cccnc32)C1. The molecule has 2 aromatic heterocycles. The number of amides is 1. The van der Waals surface area contributed by atoms with Gasteiger partial charge in [0.2, 0.25) is 5.91 Å². The molecule has 0 N–H and O–H groups in total. The Balaban J connectivity index is 1.29. The Labute approximate surface area is 197 Å². The zero-order valence-corrected chi connectivity index (χ0v) is 19.6. The number of nitrogens with zero attached hydrogens (tertiary/aromatic N) is 4. The van der Waals surface area contributed by atoms with Gasteiger partial charge in [0.25, 0.3) is 0 Å². The number of hydrogen-bond acceptors (Lipinski definition) is 7. The second-order valence-electron chi connectivity index (χ2n) is 9.98. The van der Waals surface area contributed by atoms with Crippen molar-refractivity contribution in [2.45, 2.75) is 70.5 Å². The second kappa shape index (κ2) is 8.92. The van der Waals surface area contributed by atoms with Gasteiger partial charge in [0.05, 0.1) is 24.5 Å². The number of rotatable bonds is 7. The highest BCUT2D eigenvalue weighted by Crippen LogP contribution is 2.49. The number of likely N-dealkylation sites (tertiary alicyclic amines) is 1. The van der Waals surface area contributed by atoms with Crippen LogP contribution in [0.4, 0.5) is 0 Å². The maximum Gasteiger partial charge on any atom is 0.308 e. The Morgan fingerprint density at radius 2 is 1.97 bits per heavy atom. The molecular formula is C25H30N4O5. The zero-order chi connectivity index (χ0) is 24.0. The van der Waals surface area contributed by atoms with Crippen LogP contribution < -0.4 is 0 Å². The molecule has 2 saturated carbocycles. The highest BCUT2D eigenvalue weighted by Gasteiger charge is 2.55. The fourth-order valence-electron chi connectivity index (χ4n) is 5.97. The third kappa shape index (κ3) is 4.12. The summed E-state index contributed by atoms with van der Waals surface area (Å²) in [5, 5.41) is 4.99. The maximum atomic E-state index is 13.4. The van der Waals surface area contributed by atoms with Crippen LogP contribution in [0.5, 0.6) is 0 Å². The number of pyridine rings is 1. The summed E-state index contributed by atoms with van der Waals surface area (Å²) in [5.74, 6) is -0.0562. The Hall–Kier alpha value is -3.10. The van der Waals surface area contributed by atoms with E-state index in [9.17, 15) is 19.2 Å². The third-order valence-corrected chi connectivity index (χ3v) is 7.70. The first-order valence-corrected chi connectivity index (χ1v) is 12.1. The summed E-state index contributed by atoms with van der Waals surface area (Å²) in [4.78, 5) is 56.8. The topological polar surface area (TPSA) is 111 Å². The molecule has 1 amide bonds. The van der Waals surface area contributed by atoms with Gasteiger partial charge < -0.3 is 9.64 Å².